The first kappa shape index (κ1) is 10.4. The summed E-state index contributed by atoms with van der Waals surface area (Å²) in [5.74, 6) is 2.34. The molecule has 0 aromatic heterocycles. The van der Waals surface area contributed by atoms with Crippen molar-refractivity contribution < 1.29 is 14.6 Å². The van der Waals surface area contributed by atoms with Crippen LogP contribution in [0.3, 0.4) is 0 Å². The minimum Gasteiger partial charge on any atom is -0.391 e. The van der Waals surface area contributed by atoms with E-state index in [1.807, 2.05) is 0 Å². The van der Waals surface area contributed by atoms with E-state index in [0.717, 1.165) is 0 Å². The highest BCUT2D eigenvalue weighted by atomic mass is 16.5. The molecule has 3 nitrogen and oxygen atoms in total. The first-order chi connectivity index (χ1) is 5.27. The second-order valence-corrected chi connectivity index (χ2v) is 2.18. The molecule has 1 unspecified atom stereocenters. The Labute approximate surface area is 67.3 Å². The molecular weight excluding hydrogens is 144 g/mol. The van der Waals surface area contributed by atoms with E-state index in [2.05, 4.69) is 5.92 Å². The molecular formula is C8H14O3. The predicted molar refractivity (Wildman–Crippen MR) is 42.2 cm³/mol. The molecule has 0 saturated carbocycles. The highest BCUT2D eigenvalue weighted by Crippen LogP contribution is 1.82. The summed E-state index contributed by atoms with van der Waals surface area (Å²) in [7, 11) is 0. The maximum Gasteiger partial charge on any atom is 0.107 e. The molecule has 0 aliphatic rings. The van der Waals surface area contributed by atoms with Crippen LogP contribution in [0.5, 0.6) is 0 Å². The molecule has 0 fully saturated rings. The highest BCUT2D eigenvalue weighted by Gasteiger charge is 1.93. The molecule has 3 heteroatoms. The second-order valence-electron chi connectivity index (χ2n) is 2.18. The van der Waals surface area contributed by atoms with Crippen LogP contribution >= 0.6 is 0 Å². The lowest BCUT2D eigenvalue weighted by Gasteiger charge is -2.05. The average molecular weight is 158 g/mol. The highest BCUT2D eigenvalue weighted by molar-refractivity contribution is 4.82. The molecule has 0 saturated heterocycles. The Hall–Kier alpha value is -0.560. The molecule has 1 N–H and O–H groups in total. The van der Waals surface area contributed by atoms with Crippen molar-refractivity contribution in [3.8, 4) is 12.3 Å². The van der Waals surface area contributed by atoms with E-state index in [0.29, 0.717) is 26.4 Å². The standard InChI is InChI=1S/C8H14O3/c1-3-4-10-5-6-11-7-8(2)9/h1,8-9H,4-7H2,2H3. The monoisotopic (exact) mass is 158 g/mol. The van der Waals surface area contributed by atoms with Gasteiger partial charge in [-0.1, -0.05) is 5.92 Å². The van der Waals surface area contributed by atoms with Crippen LogP contribution < -0.4 is 0 Å². The summed E-state index contributed by atoms with van der Waals surface area (Å²) in [5, 5.41) is 8.76. The Bertz CT molecular complexity index is 115. The lowest BCUT2D eigenvalue weighted by Crippen LogP contribution is -2.13. The Morgan fingerprint density at radius 2 is 2.09 bits per heavy atom. The number of aliphatic hydroxyl groups excluding tert-OH is 1. The molecule has 0 heterocycles. The van der Waals surface area contributed by atoms with Crippen molar-refractivity contribution in [3.63, 3.8) is 0 Å². The van der Waals surface area contributed by atoms with Crippen molar-refractivity contribution in [1.29, 1.82) is 0 Å². The lowest BCUT2D eigenvalue weighted by molar-refractivity contribution is 0.0154. The lowest BCUT2D eigenvalue weighted by atomic mass is 10.4. The topological polar surface area (TPSA) is 38.7 Å². The number of hydrogen-bond donors (Lipinski definition) is 1. The summed E-state index contributed by atoms with van der Waals surface area (Å²) >= 11 is 0. The fourth-order valence-electron chi connectivity index (χ4n) is 0.503. The van der Waals surface area contributed by atoms with Crippen LogP contribution in [-0.4, -0.2) is 37.6 Å². The second kappa shape index (κ2) is 7.55. The largest absolute Gasteiger partial charge is 0.391 e. The van der Waals surface area contributed by atoms with E-state index in [1.54, 1.807) is 6.92 Å². The summed E-state index contributed by atoms with van der Waals surface area (Å²) < 4.78 is 9.92. The zero-order chi connectivity index (χ0) is 8.53. The zero-order valence-corrected chi connectivity index (χ0v) is 6.75. The van der Waals surface area contributed by atoms with Gasteiger partial charge >= 0.3 is 0 Å². The van der Waals surface area contributed by atoms with Gasteiger partial charge in [0, 0.05) is 0 Å². The third kappa shape index (κ3) is 9.44. The first-order valence-electron chi connectivity index (χ1n) is 3.54. The smallest absolute Gasteiger partial charge is 0.107 e. The van der Waals surface area contributed by atoms with Crippen molar-refractivity contribution in [2.24, 2.45) is 0 Å². The molecule has 1 atom stereocenters. The van der Waals surface area contributed by atoms with E-state index < -0.39 is 6.10 Å². The van der Waals surface area contributed by atoms with E-state index in [-0.39, 0.29) is 0 Å². The quantitative estimate of drug-likeness (QED) is 0.438. The van der Waals surface area contributed by atoms with Crippen molar-refractivity contribution in [1.82, 2.24) is 0 Å². The number of aliphatic hydroxyl groups is 1. The van der Waals surface area contributed by atoms with E-state index in [9.17, 15) is 0 Å². The van der Waals surface area contributed by atoms with Gasteiger partial charge in [-0.3, -0.25) is 0 Å². The van der Waals surface area contributed by atoms with Crippen molar-refractivity contribution in [2.75, 3.05) is 26.4 Å². The summed E-state index contributed by atoms with van der Waals surface area (Å²) in [5.41, 5.74) is 0. The van der Waals surface area contributed by atoms with Crippen LogP contribution in [0.2, 0.25) is 0 Å². The van der Waals surface area contributed by atoms with Crippen LogP contribution in [0.4, 0.5) is 0 Å². The molecule has 0 aromatic rings. The average Bonchev–Trinajstić information content (AvgIpc) is 1.96. The van der Waals surface area contributed by atoms with E-state index in [4.69, 9.17) is 21.0 Å². The molecule has 11 heavy (non-hydrogen) atoms. The van der Waals surface area contributed by atoms with Crippen LogP contribution in [0.15, 0.2) is 0 Å². The van der Waals surface area contributed by atoms with Gasteiger partial charge in [-0.15, -0.1) is 6.42 Å². The molecule has 0 aliphatic carbocycles. The van der Waals surface area contributed by atoms with Crippen LogP contribution in [0, 0.1) is 12.3 Å². The molecule has 0 radical (unpaired) electrons. The van der Waals surface area contributed by atoms with Gasteiger partial charge in [0.25, 0.3) is 0 Å². The fraction of sp³-hybridized carbons (Fsp3) is 0.750. The normalized spacial score (nSPS) is 12.5. The SMILES string of the molecule is C#CCOCCOCC(C)O. The number of hydrogen-bond acceptors (Lipinski definition) is 3. The Kier molecular flexibility index (Phi) is 7.16. The Morgan fingerprint density at radius 1 is 1.45 bits per heavy atom. The number of ether oxygens (including phenoxy) is 2. The Morgan fingerprint density at radius 3 is 2.64 bits per heavy atom. The number of rotatable bonds is 6. The fourth-order valence-corrected chi connectivity index (χ4v) is 0.503. The summed E-state index contributed by atoms with van der Waals surface area (Å²) in [6, 6.07) is 0. The van der Waals surface area contributed by atoms with Gasteiger partial charge in [-0.05, 0) is 6.92 Å². The molecule has 0 spiro atoms. The van der Waals surface area contributed by atoms with E-state index in [1.165, 1.54) is 0 Å². The predicted octanol–water partition coefficient (Wildman–Crippen LogP) is 0.0336. The molecule has 0 aromatic carbocycles. The maximum absolute atomic E-state index is 8.76. The van der Waals surface area contributed by atoms with Gasteiger partial charge in [0.2, 0.25) is 0 Å². The number of terminal acetylenes is 1. The van der Waals surface area contributed by atoms with Crippen LogP contribution in [0.1, 0.15) is 6.92 Å². The summed E-state index contributed by atoms with van der Waals surface area (Å²) in [4.78, 5) is 0. The van der Waals surface area contributed by atoms with E-state index >= 15 is 0 Å². The van der Waals surface area contributed by atoms with Crippen molar-refractivity contribution in [3.05, 3.63) is 0 Å². The van der Waals surface area contributed by atoms with Crippen LogP contribution in [0.25, 0.3) is 0 Å². The minimum atomic E-state index is -0.414. The minimum absolute atomic E-state index is 0.317. The molecule has 0 bridgehead atoms. The van der Waals surface area contributed by atoms with Gasteiger partial charge < -0.3 is 14.6 Å². The maximum atomic E-state index is 8.76. The zero-order valence-electron chi connectivity index (χ0n) is 6.75. The van der Waals surface area contributed by atoms with Gasteiger partial charge in [0.1, 0.15) is 6.61 Å². The van der Waals surface area contributed by atoms with Gasteiger partial charge in [-0.2, -0.15) is 0 Å². The third-order valence-electron chi connectivity index (χ3n) is 0.916. The molecule has 0 aliphatic heterocycles. The molecule has 0 amide bonds. The van der Waals surface area contributed by atoms with Gasteiger partial charge in [0.15, 0.2) is 0 Å². The Balaban J connectivity index is 2.86. The summed E-state index contributed by atoms with van der Waals surface area (Å²) in [6.07, 6.45) is 4.52. The third-order valence-corrected chi connectivity index (χ3v) is 0.916. The van der Waals surface area contributed by atoms with Gasteiger partial charge in [-0.25, -0.2) is 0 Å². The first-order valence-corrected chi connectivity index (χ1v) is 3.54. The van der Waals surface area contributed by atoms with Crippen molar-refractivity contribution in [2.45, 2.75) is 13.0 Å². The molecule has 64 valence electrons. The molecule has 0 rings (SSSR count). The van der Waals surface area contributed by atoms with Gasteiger partial charge in [0.05, 0.1) is 25.9 Å². The summed E-state index contributed by atoms with van der Waals surface area (Å²) in [6.45, 7) is 3.29. The van der Waals surface area contributed by atoms with Crippen LogP contribution in [-0.2, 0) is 9.47 Å². The van der Waals surface area contributed by atoms with Crippen molar-refractivity contribution >= 4 is 0 Å².